The Morgan fingerprint density at radius 2 is 1.00 bits per heavy atom. The van der Waals surface area contributed by atoms with E-state index in [0.29, 0.717) is 17.5 Å². The molecule has 11 rings (SSSR count). The molecular formula is C58H40N4S. The number of aryl methyl sites for hydroxylation is 1. The molecule has 11 aromatic rings. The van der Waals surface area contributed by atoms with E-state index in [9.17, 15) is 0 Å². The number of allylic oxidation sites excluding steroid dienone is 2. The van der Waals surface area contributed by atoms with Crippen LogP contribution in [-0.4, -0.2) is 19.5 Å². The van der Waals surface area contributed by atoms with Crippen molar-refractivity contribution >= 4 is 54.1 Å². The highest BCUT2D eigenvalue weighted by atomic mass is 32.1. The predicted octanol–water partition coefficient (Wildman–Crippen LogP) is 15.6. The number of hydrogen-bond acceptors (Lipinski definition) is 4. The van der Waals surface area contributed by atoms with Crippen LogP contribution in [0.5, 0.6) is 0 Å². The molecule has 4 nitrogen and oxygen atoms in total. The van der Waals surface area contributed by atoms with Gasteiger partial charge in [0.25, 0.3) is 0 Å². The monoisotopic (exact) mass is 824 g/mol. The number of nitrogens with zero attached hydrogens (tertiary/aromatic N) is 4. The maximum Gasteiger partial charge on any atom is 0.164 e. The maximum atomic E-state index is 5.24. The van der Waals surface area contributed by atoms with Crippen LogP contribution in [0, 0.1) is 6.92 Å². The second kappa shape index (κ2) is 16.1. The molecule has 298 valence electrons. The maximum absolute atomic E-state index is 5.24. The van der Waals surface area contributed by atoms with Crippen molar-refractivity contribution in [1.82, 2.24) is 19.5 Å². The van der Waals surface area contributed by atoms with Crippen LogP contribution in [0.4, 0.5) is 0 Å². The highest BCUT2D eigenvalue weighted by Crippen LogP contribution is 2.40. The summed E-state index contributed by atoms with van der Waals surface area (Å²) in [7, 11) is 0. The van der Waals surface area contributed by atoms with Crippen molar-refractivity contribution in [2.75, 3.05) is 0 Å². The summed E-state index contributed by atoms with van der Waals surface area (Å²) >= 11 is 1.83. The van der Waals surface area contributed by atoms with Crippen molar-refractivity contribution in [3.05, 3.63) is 230 Å². The number of aromatic nitrogens is 4. The zero-order valence-corrected chi connectivity index (χ0v) is 35.4. The Labute approximate surface area is 370 Å². The zero-order chi connectivity index (χ0) is 42.3. The second-order valence-electron chi connectivity index (χ2n) is 15.7. The Hall–Kier alpha value is -7.99. The van der Waals surface area contributed by atoms with Gasteiger partial charge in [-0.05, 0) is 94.4 Å². The smallest absolute Gasteiger partial charge is 0.164 e. The Morgan fingerprint density at radius 3 is 1.67 bits per heavy atom. The molecule has 0 bridgehead atoms. The predicted molar refractivity (Wildman–Crippen MR) is 266 cm³/mol. The van der Waals surface area contributed by atoms with E-state index >= 15 is 0 Å². The van der Waals surface area contributed by atoms with E-state index in [0.717, 1.165) is 67.0 Å². The first-order valence-electron chi connectivity index (χ1n) is 21.1. The molecule has 8 aromatic carbocycles. The van der Waals surface area contributed by atoms with E-state index in [1.807, 2.05) is 53.8 Å². The van der Waals surface area contributed by atoms with Crippen molar-refractivity contribution < 1.29 is 0 Å². The van der Waals surface area contributed by atoms with Gasteiger partial charge in [0.1, 0.15) is 0 Å². The highest BCUT2D eigenvalue weighted by Gasteiger charge is 2.20. The summed E-state index contributed by atoms with van der Waals surface area (Å²) in [5.74, 6) is 1.84. The molecule has 0 atom stereocenters. The van der Waals surface area contributed by atoms with E-state index in [-0.39, 0.29) is 0 Å². The first-order chi connectivity index (χ1) is 31.1. The number of benzene rings is 8. The van der Waals surface area contributed by atoms with Crippen molar-refractivity contribution in [2.24, 2.45) is 0 Å². The van der Waals surface area contributed by atoms with Crippen molar-refractivity contribution in [3.63, 3.8) is 0 Å². The van der Waals surface area contributed by atoms with E-state index < -0.39 is 0 Å². The zero-order valence-electron chi connectivity index (χ0n) is 34.6. The normalized spacial score (nSPS) is 11.7. The van der Waals surface area contributed by atoms with E-state index in [1.54, 1.807) is 0 Å². The minimum Gasteiger partial charge on any atom is -0.310 e. The summed E-state index contributed by atoms with van der Waals surface area (Å²) in [4.78, 5) is 15.5. The summed E-state index contributed by atoms with van der Waals surface area (Å²) in [5, 5.41) is 3.68. The van der Waals surface area contributed by atoms with Crippen LogP contribution in [0.25, 0.3) is 105 Å². The molecule has 0 radical (unpaired) electrons. The van der Waals surface area contributed by atoms with Crippen molar-refractivity contribution in [2.45, 2.75) is 6.92 Å². The summed E-state index contributed by atoms with van der Waals surface area (Å²) in [5.41, 5.74) is 13.7. The van der Waals surface area contributed by atoms with Crippen LogP contribution in [0.3, 0.4) is 0 Å². The van der Waals surface area contributed by atoms with Gasteiger partial charge in [-0.2, -0.15) is 0 Å². The van der Waals surface area contributed by atoms with Gasteiger partial charge in [-0.15, -0.1) is 11.3 Å². The molecule has 0 aliphatic heterocycles. The van der Waals surface area contributed by atoms with Crippen molar-refractivity contribution in [3.8, 4) is 62.1 Å². The second-order valence-corrected chi connectivity index (χ2v) is 16.8. The molecule has 63 heavy (non-hydrogen) atoms. The van der Waals surface area contributed by atoms with Crippen LogP contribution in [0.15, 0.2) is 213 Å². The lowest BCUT2D eigenvalue weighted by Crippen LogP contribution is -2.03. The Morgan fingerprint density at radius 1 is 0.460 bits per heavy atom. The molecular weight excluding hydrogens is 785 g/mol. The summed E-state index contributed by atoms with van der Waals surface area (Å²) in [6, 6.07) is 70.6. The van der Waals surface area contributed by atoms with E-state index in [1.165, 1.54) is 31.1 Å². The van der Waals surface area contributed by atoms with Crippen LogP contribution in [0.2, 0.25) is 0 Å². The minimum atomic E-state index is 0.596. The molecule has 0 saturated carbocycles. The molecule has 0 aliphatic carbocycles. The average Bonchev–Trinajstić information content (AvgIpc) is 3.87. The lowest BCUT2D eigenvalue weighted by molar-refractivity contribution is 1.07. The third-order valence-electron chi connectivity index (χ3n) is 11.8. The quantitative estimate of drug-likeness (QED) is 0.136. The lowest BCUT2D eigenvalue weighted by Gasteiger charge is -2.16. The average molecular weight is 825 g/mol. The van der Waals surface area contributed by atoms with Crippen LogP contribution in [-0.2, 0) is 0 Å². The van der Waals surface area contributed by atoms with Gasteiger partial charge in [-0.25, -0.2) is 15.0 Å². The number of fused-ring (bicyclic) bond motifs is 4. The fourth-order valence-corrected chi connectivity index (χ4v) is 9.73. The van der Waals surface area contributed by atoms with Gasteiger partial charge >= 0.3 is 0 Å². The van der Waals surface area contributed by atoms with Gasteiger partial charge in [-0.1, -0.05) is 170 Å². The van der Waals surface area contributed by atoms with Gasteiger partial charge in [-0.3, -0.25) is 0 Å². The summed E-state index contributed by atoms with van der Waals surface area (Å²) < 4.78 is 4.95. The molecule has 0 amide bonds. The Bertz CT molecular complexity index is 3460. The molecule has 0 saturated heterocycles. The Kier molecular flexibility index (Phi) is 9.72. The largest absolute Gasteiger partial charge is 0.310 e. The first-order valence-corrected chi connectivity index (χ1v) is 21.9. The molecule has 0 spiro atoms. The summed E-state index contributed by atoms with van der Waals surface area (Å²) in [6.45, 7) is 6.52. The van der Waals surface area contributed by atoms with E-state index in [2.05, 4.69) is 188 Å². The Balaban J connectivity index is 1.22. The van der Waals surface area contributed by atoms with Gasteiger partial charge in [0.05, 0.1) is 11.2 Å². The fourth-order valence-electron chi connectivity index (χ4n) is 8.65. The minimum absolute atomic E-state index is 0.596. The van der Waals surface area contributed by atoms with Gasteiger partial charge in [0.15, 0.2) is 17.5 Å². The molecule has 0 fully saturated rings. The standard InChI is InChI=1S/C58H40N4S/c1-3-39(40-18-8-4-9-19-40)36-52-38(2)49-30-28-45(41-20-10-5-11-21-41)37-53(49)62(52)48-33-46(44-29-31-55-51(35-44)50-26-16-17-27-54(50)63-55)32-47(34-48)58-60-56(42-22-12-6-13-23-42)59-57(61-58)43-24-14-7-15-25-43/h3-37H,1H2,2H3/b39-36+. The van der Waals surface area contributed by atoms with Crippen LogP contribution in [0.1, 0.15) is 16.8 Å². The third kappa shape index (κ3) is 7.14. The molecule has 3 aromatic heterocycles. The molecule has 0 unspecified atom stereocenters. The fraction of sp³-hybridized carbons (Fsp3) is 0.0172. The number of rotatable bonds is 9. The third-order valence-corrected chi connectivity index (χ3v) is 13.0. The molecule has 3 heterocycles. The topological polar surface area (TPSA) is 43.6 Å². The van der Waals surface area contributed by atoms with Crippen LogP contribution < -0.4 is 0 Å². The number of hydrogen-bond donors (Lipinski definition) is 0. The first kappa shape index (κ1) is 38.0. The molecule has 5 heteroatoms. The van der Waals surface area contributed by atoms with Gasteiger partial charge in [0.2, 0.25) is 0 Å². The highest BCUT2D eigenvalue weighted by molar-refractivity contribution is 7.25. The SMILES string of the molecule is C=C/C(=C\c1c(C)c2ccc(-c3ccccc3)cc2n1-c1cc(-c2ccc3sc4ccccc4c3c2)cc(-c2nc(-c3ccccc3)nc(-c3ccccc3)n2)c1)c1ccccc1. The van der Waals surface area contributed by atoms with Gasteiger partial charge in [0, 0.05) is 47.9 Å². The number of thiophene rings is 1. The van der Waals surface area contributed by atoms with E-state index in [4.69, 9.17) is 15.0 Å². The summed E-state index contributed by atoms with van der Waals surface area (Å²) in [6.07, 6.45) is 4.23. The van der Waals surface area contributed by atoms with Crippen molar-refractivity contribution in [1.29, 1.82) is 0 Å². The lowest BCUT2D eigenvalue weighted by atomic mass is 9.99. The molecule has 0 N–H and O–H groups in total. The van der Waals surface area contributed by atoms with Gasteiger partial charge < -0.3 is 4.57 Å². The van der Waals surface area contributed by atoms with Crippen LogP contribution >= 0.6 is 11.3 Å². The molecule has 0 aliphatic rings.